The van der Waals surface area contributed by atoms with Crippen LogP contribution in [0.1, 0.15) is 47.5 Å². The first-order valence-corrected chi connectivity index (χ1v) is 9.60. The SMILES string of the molecule is CC(C)[C@@H](C(=O)N1CCC(Oc2ccc(F)cn2)CC1)N(C(=O)O)C(C)(C)C. The van der Waals surface area contributed by atoms with E-state index in [-0.39, 0.29) is 17.9 Å². The number of rotatable bonds is 5. The van der Waals surface area contributed by atoms with Gasteiger partial charge in [-0.2, -0.15) is 0 Å². The Morgan fingerprint density at radius 3 is 2.32 bits per heavy atom. The average Bonchev–Trinajstić information content (AvgIpc) is 2.60. The minimum atomic E-state index is -1.10. The first-order chi connectivity index (χ1) is 13.0. The molecule has 156 valence electrons. The van der Waals surface area contributed by atoms with Crippen molar-refractivity contribution in [3.05, 3.63) is 24.1 Å². The van der Waals surface area contributed by atoms with Crippen LogP contribution in [0.15, 0.2) is 18.3 Å². The van der Waals surface area contributed by atoms with Crippen LogP contribution in [0.3, 0.4) is 0 Å². The molecule has 0 aromatic carbocycles. The van der Waals surface area contributed by atoms with Crippen LogP contribution >= 0.6 is 0 Å². The number of carboxylic acid groups (broad SMARTS) is 1. The minimum Gasteiger partial charge on any atom is -0.474 e. The fourth-order valence-corrected chi connectivity index (χ4v) is 3.50. The Hall–Kier alpha value is -2.38. The molecule has 0 saturated carbocycles. The molecule has 1 aliphatic rings. The van der Waals surface area contributed by atoms with Gasteiger partial charge in [0.05, 0.1) is 6.20 Å². The molecule has 1 aromatic rings. The van der Waals surface area contributed by atoms with Gasteiger partial charge in [-0.25, -0.2) is 14.2 Å². The van der Waals surface area contributed by atoms with Crippen molar-refractivity contribution in [3.8, 4) is 5.88 Å². The number of piperidine rings is 1. The molecule has 7 nitrogen and oxygen atoms in total. The summed E-state index contributed by atoms with van der Waals surface area (Å²) in [6, 6.07) is 2.03. The molecule has 1 N–H and O–H groups in total. The molecule has 1 aromatic heterocycles. The van der Waals surface area contributed by atoms with E-state index in [1.165, 1.54) is 17.0 Å². The number of aromatic nitrogens is 1. The lowest BCUT2D eigenvalue weighted by atomic mass is 9.94. The number of hydrogen-bond donors (Lipinski definition) is 1. The number of pyridine rings is 1. The van der Waals surface area contributed by atoms with Crippen molar-refractivity contribution in [3.63, 3.8) is 0 Å². The Labute approximate surface area is 165 Å². The second-order valence-corrected chi connectivity index (χ2v) is 8.47. The van der Waals surface area contributed by atoms with Crippen molar-refractivity contribution in [1.29, 1.82) is 0 Å². The van der Waals surface area contributed by atoms with Gasteiger partial charge in [-0.05, 0) is 32.8 Å². The van der Waals surface area contributed by atoms with Crippen molar-refractivity contribution >= 4 is 12.0 Å². The molecule has 8 heteroatoms. The number of ether oxygens (including phenoxy) is 1. The summed E-state index contributed by atoms with van der Waals surface area (Å²) in [5, 5.41) is 9.70. The fraction of sp³-hybridized carbons (Fsp3) is 0.650. The van der Waals surface area contributed by atoms with Crippen molar-refractivity contribution in [2.75, 3.05) is 13.1 Å². The molecule has 28 heavy (non-hydrogen) atoms. The van der Waals surface area contributed by atoms with Gasteiger partial charge in [0.2, 0.25) is 11.8 Å². The molecule has 1 fully saturated rings. The Kier molecular flexibility index (Phi) is 6.85. The van der Waals surface area contributed by atoms with Crippen LogP contribution < -0.4 is 4.74 Å². The van der Waals surface area contributed by atoms with Crippen LogP contribution in [0.4, 0.5) is 9.18 Å². The highest BCUT2D eigenvalue weighted by Gasteiger charge is 2.41. The van der Waals surface area contributed by atoms with Crippen molar-refractivity contribution in [2.24, 2.45) is 5.92 Å². The van der Waals surface area contributed by atoms with E-state index < -0.39 is 23.5 Å². The summed E-state index contributed by atoms with van der Waals surface area (Å²) in [4.78, 5) is 31.9. The maximum Gasteiger partial charge on any atom is 0.408 e. The van der Waals surface area contributed by atoms with Crippen molar-refractivity contribution in [1.82, 2.24) is 14.8 Å². The van der Waals surface area contributed by atoms with Gasteiger partial charge in [0.15, 0.2) is 0 Å². The topological polar surface area (TPSA) is 83.0 Å². The highest BCUT2D eigenvalue weighted by molar-refractivity contribution is 5.86. The number of carbonyl (C=O) groups excluding carboxylic acids is 1. The number of carbonyl (C=O) groups is 2. The third kappa shape index (κ3) is 5.33. The van der Waals surface area contributed by atoms with Crippen LogP contribution in [-0.2, 0) is 4.79 Å². The highest BCUT2D eigenvalue weighted by Crippen LogP contribution is 2.26. The van der Waals surface area contributed by atoms with Gasteiger partial charge in [0.25, 0.3) is 0 Å². The molecule has 0 spiro atoms. The normalized spacial score (nSPS) is 16.8. The number of hydrogen-bond acceptors (Lipinski definition) is 4. The van der Waals surface area contributed by atoms with Gasteiger partial charge in [-0.15, -0.1) is 0 Å². The quantitative estimate of drug-likeness (QED) is 0.826. The van der Waals surface area contributed by atoms with E-state index >= 15 is 0 Å². The Morgan fingerprint density at radius 2 is 1.89 bits per heavy atom. The molecular weight excluding hydrogens is 365 g/mol. The highest BCUT2D eigenvalue weighted by atomic mass is 19.1. The molecule has 0 aliphatic carbocycles. The number of amides is 2. The van der Waals surface area contributed by atoms with Crippen LogP contribution in [0.5, 0.6) is 5.88 Å². The van der Waals surface area contributed by atoms with Gasteiger partial charge in [-0.1, -0.05) is 13.8 Å². The molecule has 2 amide bonds. The molecule has 2 rings (SSSR count). The molecular formula is C20H30FN3O4. The standard InChI is InChI=1S/C20H30FN3O4/c1-13(2)17(24(19(26)27)20(3,4)5)18(25)23-10-8-15(9-11-23)28-16-7-6-14(21)12-22-16/h6-7,12-13,15,17H,8-11H2,1-5H3,(H,26,27)/t17-/m0/s1. The Balaban J connectivity index is 2.03. The maximum atomic E-state index is 13.2. The molecule has 0 bridgehead atoms. The zero-order chi connectivity index (χ0) is 21.1. The van der Waals surface area contributed by atoms with Crippen LogP contribution in [-0.4, -0.2) is 62.7 Å². The lowest BCUT2D eigenvalue weighted by Gasteiger charge is -2.43. The molecule has 1 atom stereocenters. The summed E-state index contributed by atoms with van der Waals surface area (Å²) < 4.78 is 18.7. The third-order valence-electron chi connectivity index (χ3n) is 4.83. The lowest BCUT2D eigenvalue weighted by molar-refractivity contribution is -0.142. The summed E-state index contributed by atoms with van der Waals surface area (Å²) in [7, 11) is 0. The average molecular weight is 395 g/mol. The van der Waals surface area contributed by atoms with Gasteiger partial charge in [0, 0.05) is 37.5 Å². The molecule has 1 saturated heterocycles. The van der Waals surface area contributed by atoms with E-state index in [4.69, 9.17) is 4.74 Å². The summed E-state index contributed by atoms with van der Waals surface area (Å²) in [6.45, 7) is 10.1. The monoisotopic (exact) mass is 395 g/mol. The van der Waals surface area contributed by atoms with Crippen LogP contribution in [0.25, 0.3) is 0 Å². The van der Waals surface area contributed by atoms with Gasteiger partial charge < -0.3 is 14.7 Å². The van der Waals surface area contributed by atoms with Gasteiger partial charge in [-0.3, -0.25) is 9.69 Å². The second-order valence-electron chi connectivity index (χ2n) is 8.47. The van der Waals surface area contributed by atoms with E-state index in [0.717, 1.165) is 6.20 Å². The number of nitrogens with zero attached hydrogens (tertiary/aromatic N) is 3. The van der Waals surface area contributed by atoms with E-state index in [2.05, 4.69) is 4.98 Å². The fourth-order valence-electron chi connectivity index (χ4n) is 3.50. The van der Waals surface area contributed by atoms with E-state index in [1.54, 1.807) is 25.7 Å². The first kappa shape index (κ1) is 21.9. The van der Waals surface area contributed by atoms with E-state index in [0.29, 0.717) is 31.8 Å². The van der Waals surface area contributed by atoms with E-state index in [1.807, 2.05) is 13.8 Å². The Morgan fingerprint density at radius 1 is 1.29 bits per heavy atom. The predicted octanol–water partition coefficient (Wildman–Crippen LogP) is 3.39. The summed E-state index contributed by atoms with van der Waals surface area (Å²) in [5.74, 6) is -0.392. The number of likely N-dealkylation sites (tertiary alicyclic amines) is 1. The summed E-state index contributed by atoms with van der Waals surface area (Å²) in [5.41, 5.74) is -0.688. The summed E-state index contributed by atoms with van der Waals surface area (Å²) >= 11 is 0. The molecule has 0 unspecified atom stereocenters. The zero-order valence-corrected chi connectivity index (χ0v) is 17.2. The maximum absolute atomic E-state index is 13.2. The number of halogens is 1. The predicted molar refractivity (Wildman–Crippen MR) is 103 cm³/mol. The van der Waals surface area contributed by atoms with Crippen molar-refractivity contribution < 1.29 is 23.8 Å². The lowest BCUT2D eigenvalue weighted by Crippen LogP contribution is -2.60. The molecule has 1 aliphatic heterocycles. The molecule has 0 radical (unpaired) electrons. The van der Waals surface area contributed by atoms with Gasteiger partial charge in [0.1, 0.15) is 18.0 Å². The largest absolute Gasteiger partial charge is 0.474 e. The van der Waals surface area contributed by atoms with Crippen LogP contribution in [0.2, 0.25) is 0 Å². The van der Waals surface area contributed by atoms with E-state index in [9.17, 15) is 19.1 Å². The summed E-state index contributed by atoms with van der Waals surface area (Å²) in [6.07, 6.45) is 1.11. The van der Waals surface area contributed by atoms with Crippen LogP contribution in [0, 0.1) is 11.7 Å². The third-order valence-corrected chi connectivity index (χ3v) is 4.83. The Bertz CT molecular complexity index is 680. The zero-order valence-electron chi connectivity index (χ0n) is 17.2. The van der Waals surface area contributed by atoms with Gasteiger partial charge >= 0.3 is 6.09 Å². The smallest absolute Gasteiger partial charge is 0.408 e. The minimum absolute atomic E-state index is 0.113. The first-order valence-electron chi connectivity index (χ1n) is 9.60. The second kappa shape index (κ2) is 8.75. The van der Waals surface area contributed by atoms with Crippen molar-refractivity contribution in [2.45, 2.75) is 65.1 Å². The molecule has 2 heterocycles.